The summed E-state index contributed by atoms with van der Waals surface area (Å²) in [7, 11) is 1.71. The normalized spacial score (nSPS) is 10.9. The molecule has 0 unspecified atom stereocenters. The van der Waals surface area contributed by atoms with Gasteiger partial charge < -0.3 is 4.90 Å². The molecule has 0 saturated carbocycles. The summed E-state index contributed by atoms with van der Waals surface area (Å²) in [6.45, 7) is 3.58. The fourth-order valence-electron chi connectivity index (χ4n) is 2.25. The van der Waals surface area contributed by atoms with Gasteiger partial charge in [0.05, 0.1) is 17.2 Å². The minimum Gasteiger partial charge on any atom is -0.332 e. The van der Waals surface area contributed by atoms with Crippen LogP contribution in [0.15, 0.2) is 24.5 Å². The Hall–Kier alpha value is -2.84. The van der Waals surface area contributed by atoms with Crippen LogP contribution in [0.1, 0.15) is 29.8 Å². The number of nitro groups is 1. The first-order chi connectivity index (χ1) is 11.2. The van der Waals surface area contributed by atoms with Gasteiger partial charge in [-0.05, 0) is 19.9 Å². The van der Waals surface area contributed by atoms with Crippen molar-refractivity contribution in [3.05, 3.63) is 57.4 Å². The van der Waals surface area contributed by atoms with Gasteiger partial charge in [0.25, 0.3) is 11.6 Å². The minimum absolute atomic E-state index is 0.139. The lowest BCUT2D eigenvalue weighted by atomic mass is 10.1. The fourth-order valence-corrected chi connectivity index (χ4v) is 2.25. The van der Waals surface area contributed by atoms with E-state index < -0.39 is 33.7 Å². The maximum atomic E-state index is 13.5. The molecule has 1 amide bonds. The smallest absolute Gasteiger partial charge is 0.285 e. The average Bonchev–Trinajstić information content (AvgIpc) is 2.91. The molecule has 24 heavy (non-hydrogen) atoms. The van der Waals surface area contributed by atoms with Gasteiger partial charge >= 0.3 is 0 Å². The summed E-state index contributed by atoms with van der Waals surface area (Å²) in [4.78, 5) is 24.2. The van der Waals surface area contributed by atoms with E-state index in [1.807, 2.05) is 0 Å². The van der Waals surface area contributed by atoms with Crippen LogP contribution in [0.25, 0.3) is 0 Å². The van der Waals surface area contributed by atoms with Crippen molar-refractivity contribution in [1.29, 1.82) is 0 Å². The average molecular weight is 338 g/mol. The topological polar surface area (TPSA) is 81.3 Å². The minimum atomic E-state index is -1.37. The van der Waals surface area contributed by atoms with Crippen LogP contribution in [0.2, 0.25) is 0 Å². The third-order valence-electron chi connectivity index (χ3n) is 3.46. The molecule has 0 spiro atoms. The van der Waals surface area contributed by atoms with Crippen LogP contribution >= 0.6 is 0 Å². The number of nitro benzene ring substituents is 1. The molecule has 0 aliphatic rings. The van der Waals surface area contributed by atoms with E-state index in [1.54, 1.807) is 38.0 Å². The molecule has 1 aromatic carbocycles. The lowest BCUT2D eigenvalue weighted by Gasteiger charge is -2.26. The van der Waals surface area contributed by atoms with Gasteiger partial charge in [0.15, 0.2) is 11.6 Å². The Kier molecular flexibility index (Phi) is 4.91. The molecule has 1 aromatic heterocycles. The van der Waals surface area contributed by atoms with Crippen molar-refractivity contribution in [2.24, 2.45) is 7.05 Å². The van der Waals surface area contributed by atoms with E-state index in [0.29, 0.717) is 17.7 Å². The summed E-state index contributed by atoms with van der Waals surface area (Å²) < 4.78 is 28.3. The molecule has 0 saturated heterocycles. The summed E-state index contributed by atoms with van der Waals surface area (Å²) in [5, 5.41) is 15.1. The molecule has 0 aliphatic carbocycles. The molecule has 0 fully saturated rings. The van der Waals surface area contributed by atoms with Gasteiger partial charge in [0.1, 0.15) is 5.56 Å². The van der Waals surface area contributed by atoms with E-state index >= 15 is 0 Å². The maximum absolute atomic E-state index is 13.5. The van der Waals surface area contributed by atoms with E-state index in [0.717, 1.165) is 0 Å². The maximum Gasteiger partial charge on any atom is 0.285 e. The molecule has 128 valence electrons. The van der Waals surface area contributed by atoms with Gasteiger partial charge in [0, 0.05) is 31.4 Å². The second-order valence-electron chi connectivity index (χ2n) is 5.59. The van der Waals surface area contributed by atoms with Crippen molar-refractivity contribution in [3.8, 4) is 0 Å². The summed E-state index contributed by atoms with van der Waals surface area (Å²) >= 11 is 0. The Morgan fingerprint density at radius 1 is 1.38 bits per heavy atom. The van der Waals surface area contributed by atoms with Gasteiger partial charge in [-0.25, -0.2) is 8.78 Å². The lowest BCUT2D eigenvalue weighted by molar-refractivity contribution is -0.385. The number of amides is 1. The predicted molar refractivity (Wildman–Crippen MR) is 81.2 cm³/mol. The zero-order valence-corrected chi connectivity index (χ0v) is 13.4. The molecular weight excluding hydrogens is 322 g/mol. The van der Waals surface area contributed by atoms with E-state index in [9.17, 15) is 23.7 Å². The summed E-state index contributed by atoms with van der Waals surface area (Å²) in [6, 6.07) is 0.671. The van der Waals surface area contributed by atoms with Crippen molar-refractivity contribution >= 4 is 11.6 Å². The molecule has 0 N–H and O–H groups in total. The van der Waals surface area contributed by atoms with Gasteiger partial charge in [-0.15, -0.1) is 0 Å². The van der Waals surface area contributed by atoms with Crippen molar-refractivity contribution in [2.75, 3.05) is 0 Å². The third kappa shape index (κ3) is 3.55. The highest BCUT2D eigenvalue weighted by Gasteiger charge is 2.29. The highest BCUT2D eigenvalue weighted by molar-refractivity contribution is 5.98. The van der Waals surface area contributed by atoms with Crippen LogP contribution in [0.3, 0.4) is 0 Å². The number of carbonyl (C=O) groups excluding carboxylic acids is 1. The molecule has 1 heterocycles. The van der Waals surface area contributed by atoms with E-state index in [1.165, 1.54) is 4.90 Å². The number of rotatable bonds is 5. The van der Waals surface area contributed by atoms with Gasteiger partial charge in [-0.2, -0.15) is 5.10 Å². The zero-order valence-electron chi connectivity index (χ0n) is 13.4. The molecule has 0 aliphatic heterocycles. The molecular formula is C15H16F2N4O3. The standard InChI is InChI=1S/C15H16F2N4O3/c1-9(2)20(8-10-6-18-19(3)7-10)15(22)11-4-12(16)13(17)5-14(11)21(23)24/h4-7,9H,8H2,1-3H3. The van der Waals surface area contributed by atoms with Gasteiger partial charge in [-0.1, -0.05) is 0 Å². The first-order valence-corrected chi connectivity index (χ1v) is 7.12. The second kappa shape index (κ2) is 6.73. The molecule has 0 bridgehead atoms. The van der Waals surface area contributed by atoms with Crippen LogP contribution < -0.4 is 0 Å². The van der Waals surface area contributed by atoms with Gasteiger partial charge in [-0.3, -0.25) is 19.6 Å². The molecule has 9 heteroatoms. The SMILES string of the molecule is CC(C)N(Cc1cnn(C)c1)C(=O)c1cc(F)c(F)cc1[N+](=O)[O-]. The number of halogens is 2. The van der Waals surface area contributed by atoms with Crippen molar-refractivity contribution < 1.29 is 18.5 Å². The molecule has 2 rings (SSSR count). The number of hydrogen-bond acceptors (Lipinski definition) is 4. The molecule has 0 radical (unpaired) electrons. The van der Waals surface area contributed by atoms with E-state index in [2.05, 4.69) is 5.10 Å². The number of hydrogen-bond donors (Lipinski definition) is 0. The van der Waals surface area contributed by atoms with E-state index in [4.69, 9.17) is 0 Å². The first-order valence-electron chi connectivity index (χ1n) is 7.12. The third-order valence-corrected chi connectivity index (χ3v) is 3.46. The Balaban J connectivity index is 2.43. The van der Waals surface area contributed by atoms with Crippen LogP contribution in [0.4, 0.5) is 14.5 Å². The number of aryl methyl sites for hydroxylation is 1. The van der Waals surface area contributed by atoms with Crippen molar-refractivity contribution in [1.82, 2.24) is 14.7 Å². The summed E-state index contributed by atoms with van der Waals surface area (Å²) in [6.07, 6.45) is 3.25. The molecule has 0 atom stereocenters. The van der Waals surface area contributed by atoms with E-state index in [-0.39, 0.29) is 12.6 Å². The Morgan fingerprint density at radius 3 is 2.50 bits per heavy atom. The van der Waals surface area contributed by atoms with Crippen LogP contribution in [0, 0.1) is 21.7 Å². The number of aromatic nitrogens is 2. The summed E-state index contributed by atoms with van der Waals surface area (Å²) in [5.74, 6) is -3.44. The monoisotopic (exact) mass is 338 g/mol. The highest BCUT2D eigenvalue weighted by Crippen LogP contribution is 2.25. The lowest BCUT2D eigenvalue weighted by Crippen LogP contribution is -2.36. The second-order valence-corrected chi connectivity index (χ2v) is 5.59. The van der Waals surface area contributed by atoms with Crippen molar-refractivity contribution in [3.63, 3.8) is 0 Å². The van der Waals surface area contributed by atoms with Crippen LogP contribution in [0.5, 0.6) is 0 Å². The summed E-state index contributed by atoms with van der Waals surface area (Å²) in [5.41, 5.74) is -0.544. The largest absolute Gasteiger partial charge is 0.332 e. The fraction of sp³-hybridized carbons (Fsp3) is 0.333. The van der Waals surface area contributed by atoms with Crippen LogP contribution in [-0.4, -0.2) is 31.6 Å². The Labute approximate surface area is 136 Å². The van der Waals surface area contributed by atoms with Gasteiger partial charge in [0.2, 0.25) is 0 Å². The number of nitrogens with zero attached hydrogens (tertiary/aromatic N) is 4. The Bertz CT molecular complexity index is 789. The Morgan fingerprint density at radius 2 is 2.00 bits per heavy atom. The van der Waals surface area contributed by atoms with Crippen molar-refractivity contribution in [2.45, 2.75) is 26.4 Å². The highest BCUT2D eigenvalue weighted by atomic mass is 19.2. The number of benzene rings is 1. The first kappa shape index (κ1) is 17.5. The molecule has 7 nitrogen and oxygen atoms in total. The molecule has 2 aromatic rings. The predicted octanol–water partition coefficient (Wildman–Crippen LogP) is 2.66. The number of carbonyl (C=O) groups is 1. The quantitative estimate of drug-likeness (QED) is 0.620. The van der Waals surface area contributed by atoms with Crippen LogP contribution in [-0.2, 0) is 13.6 Å². The zero-order chi connectivity index (χ0) is 18.0.